The SMILES string of the molecule is CCC[c-]1cccc1.Cc1c[c-](C)c(C)c1C.[Cl-].[Cl-].[Ti+4]. The van der Waals surface area contributed by atoms with Crippen molar-refractivity contribution in [2.45, 2.75) is 47.5 Å². The summed E-state index contributed by atoms with van der Waals surface area (Å²) in [7, 11) is 0. The molecule has 0 radical (unpaired) electrons. The summed E-state index contributed by atoms with van der Waals surface area (Å²) in [6.45, 7) is 10.9. The molecule has 0 atom stereocenters. The summed E-state index contributed by atoms with van der Waals surface area (Å²) in [5, 5.41) is 0. The number of rotatable bonds is 2. The molecule has 110 valence electrons. The van der Waals surface area contributed by atoms with Gasteiger partial charge in [-0.05, 0) is 0 Å². The Labute approximate surface area is 151 Å². The van der Waals surface area contributed by atoms with Crippen LogP contribution in [0.4, 0.5) is 0 Å². The van der Waals surface area contributed by atoms with Crippen LogP contribution in [0.25, 0.3) is 0 Å². The van der Waals surface area contributed by atoms with E-state index in [9.17, 15) is 0 Å². The minimum absolute atomic E-state index is 0. The molecule has 0 unspecified atom stereocenters. The van der Waals surface area contributed by atoms with Crippen molar-refractivity contribution in [3.05, 3.63) is 58.1 Å². The first-order chi connectivity index (χ1) is 8.06. The smallest absolute Gasteiger partial charge is 1.00 e. The normalized spacial score (nSPS) is 8.45. The van der Waals surface area contributed by atoms with E-state index in [1.165, 1.54) is 40.7 Å². The van der Waals surface area contributed by atoms with Crippen molar-refractivity contribution in [2.24, 2.45) is 0 Å². The Morgan fingerprint density at radius 1 is 1.00 bits per heavy atom. The van der Waals surface area contributed by atoms with Gasteiger partial charge in [-0.3, -0.25) is 0 Å². The van der Waals surface area contributed by atoms with Crippen LogP contribution in [0.1, 0.15) is 41.2 Å². The summed E-state index contributed by atoms with van der Waals surface area (Å²) < 4.78 is 0. The topological polar surface area (TPSA) is 0 Å². The van der Waals surface area contributed by atoms with Crippen LogP contribution in [0, 0.1) is 27.7 Å². The van der Waals surface area contributed by atoms with Crippen LogP contribution >= 0.6 is 0 Å². The fourth-order valence-electron chi connectivity index (χ4n) is 2.00. The molecule has 0 amide bonds. The predicted octanol–water partition coefficient (Wildman–Crippen LogP) is -0.997. The average molecular weight is 347 g/mol. The molecule has 2 rings (SSSR count). The second-order valence-corrected chi connectivity index (χ2v) is 4.80. The van der Waals surface area contributed by atoms with Crippen molar-refractivity contribution in [2.75, 3.05) is 0 Å². The minimum atomic E-state index is 0. The fourth-order valence-corrected chi connectivity index (χ4v) is 2.00. The van der Waals surface area contributed by atoms with Crippen molar-refractivity contribution in [1.82, 2.24) is 0 Å². The van der Waals surface area contributed by atoms with Gasteiger partial charge in [0.25, 0.3) is 0 Å². The molecule has 0 saturated heterocycles. The molecule has 0 saturated carbocycles. The van der Waals surface area contributed by atoms with Crippen LogP contribution in [0.5, 0.6) is 0 Å². The molecule has 0 aliphatic heterocycles. The first-order valence-corrected chi connectivity index (χ1v) is 6.47. The van der Waals surface area contributed by atoms with E-state index in [1.54, 1.807) is 0 Å². The van der Waals surface area contributed by atoms with Gasteiger partial charge in [0.15, 0.2) is 0 Å². The second-order valence-electron chi connectivity index (χ2n) is 4.80. The molecule has 0 fully saturated rings. The maximum atomic E-state index is 2.24. The van der Waals surface area contributed by atoms with Gasteiger partial charge in [-0.2, -0.15) is 46.0 Å². The monoisotopic (exact) mass is 346 g/mol. The van der Waals surface area contributed by atoms with E-state index >= 15 is 0 Å². The second kappa shape index (κ2) is 12.7. The van der Waals surface area contributed by atoms with E-state index in [0.717, 1.165) is 0 Å². The maximum absolute atomic E-state index is 2.24. The van der Waals surface area contributed by atoms with E-state index in [0.29, 0.717) is 0 Å². The molecule has 0 N–H and O–H groups in total. The third kappa shape index (κ3) is 7.69. The number of hydrogen-bond donors (Lipinski definition) is 0. The minimum Gasteiger partial charge on any atom is -1.00 e. The number of hydrogen-bond acceptors (Lipinski definition) is 0. The Bertz CT molecular complexity index is 419. The zero-order chi connectivity index (χ0) is 12.8. The number of aryl methyl sites for hydroxylation is 3. The van der Waals surface area contributed by atoms with E-state index in [4.69, 9.17) is 0 Å². The van der Waals surface area contributed by atoms with E-state index in [1.807, 2.05) is 0 Å². The van der Waals surface area contributed by atoms with Gasteiger partial charge >= 0.3 is 21.7 Å². The van der Waals surface area contributed by atoms with Gasteiger partial charge in [0.1, 0.15) is 0 Å². The molecule has 0 bridgehead atoms. The fraction of sp³-hybridized carbons (Fsp3) is 0.412. The Kier molecular flexibility index (Phi) is 15.9. The zero-order valence-corrected chi connectivity index (χ0v) is 16.1. The molecular formula is C17H24Cl2Ti. The summed E-state index contributed by atoms with van der Waals surface area (Å²) >= 11 is 0. The van der Waals surface area contributed by atoms with Crippen LogP contribution in [0.3, 0.4) is 0 Å². The van der Waals surface area contributed by atoms with Gasteiger partial charge in [0, 0.05) is 0 Å². The largest absolute Gasteiger partial charge is 4.00 e. The van der Waals surface area contributed by atoms with Crippen LogP contribution < -0.4 is 24.8 Å². The van der Waals surface area contributed by atoms with E-state index < -0.39 is 0 Å². The Morgan fingerprint density at radius 2 is 1.50 bits per heavy atom. The summed E-state index contributed by atoms with van der Waals surface area (Å²) in [5.41, 5.74) is 7.21. The maximum Gasteiger partial charge on any atom is 4.00 e. The van der Waals surface area contributed by atoms with Crippen molar-refractivity contribution in [3.63, 3.8) is 0 Å². The molecule has 0 nitrogen and oxygen atoms in total. The molecule has 0 heterocycles. The van der Waals surface area contributed by atoms with Gasteiger partial charge in [0.2, 0.25) is 0 Å². The summed E-state index contributed by atoms with van der Waals surface area (Å²) in [5.74, 6) is 0. The first kappa shape index (κ1) is 25.0. The van der Waals surface area contributed by atoms with Gasteiger partial charge < -0.3 is 24.8 Å². The molecule has 0 aliphatic rings. The molecule has 2 aromatic rings. The quantitative estimate of drug-likeness (QED) is 0.483. The summed E-state index contributed by atoms with van der Waals surface area (Å²) in [4.78, 5) is 0. The van der Waals surface area contributed by atoms with Gasteiger partial charge in [0.05, 0.1) is 0 Å². The third-order valence-electron chi connectivity index (χ3n) is 3.45. The van der Waals surface area contributed by atoms with Crippen LogP contribution in [0.15, 0.2) is 30.3 Å². The van der Waals surface area contributed by atoms with Crippen molar-refractivity contribution < 1.29 is 46.5 Å². The Morgan fingerprint density at radius 3 is 1.75 bits per heavy atom. The summed E-state index contributed by atoms with van der Waals surface area (Å²) in [6.07, 6.45) is 2.48. The number of halogens is 2. The van der Waals surface area contributed by atoms with Gasteiger partial charge in [-0.1, -0.05) is 47.5 Å². The molecule has 0 aliphatic carbocycles. The van der Waals surface area contributed by atoms with Crippen LogP contribution in [0.2, 0.25) is 0 Å². The van der Waals surface area contributed by atoms with E-state index in [2.05, 4.69) is 65.0 Å². The van der Waals surface area contributed by atoms with Gasteiger partial charge in [-0.25, -0.2) is 12.1 Å². The predicted molar refractivity (Wildman–Crippen MR) is 77.0 cm³/mol. The van der Waals surface area contributed by atoms with Gasteiger partial charge in [-0.15, -0.1) is 0 Å². The average Bonchev–Trinajstić information content (AvgIpc) is 2.87. The Balaban J connectivity index is -0.000000252. The Hall–Kier alpha value is -0.00571. The summed E-state index contributed by atoms with van der Waals surface area (Å²) in [6, 6.07) is 10.8. The van der Waals surface area contributed by atoms with Crippen molar-refractivity contribution in [1.29, 1.82) is 0 Å². The molecule has 20 heavy (non-hydrogen) atoms. The molecule has 2 aromatic carbocycles. The zero-order valence-electron chi connectivity index (χ0n) is 13.1. The standard InChI is InChI=1S/C9H13.C8H11.2ClH.Ti/c1-6-5-7(2)9(4)8(6)3;1-2-5-8-6-3-4-7-8;;;/h5H,1-4H3;3-4,6-7H,2,5H2,1H3;2*1H;/q2*-1;;;+4/p-2. The molecule has 0 spiro atoms. The molecule has 3 heteroatoms. The van der Waals surface area contributed by atoms with Crippen molar-refractivity contribution >= 4 is 0 Å². The third-order valence-corrected chi connectivity index (χ3v) is 3.45. The van der Waals surface area contributed by atoms with Crippen molar-refractivity contribution in [3.8, 4) is 0 Å². The van der Waals surface area contributed by atoms with E-state index in [-0.39, 0.29) is 46.5 Å². The first-order valence-electron chi connectivity index (χ1n) is 6.47. The van der Waals surface area contributed by atoms with Crippen LogP contribution in [-0.4, -0.2) is 0 Å². The molecule has 0 aromatic heterocycles. The molecular weight excluding hydrogens is 323 g/mol. The van der Waals surface area contributed by atoms with Crippen LogP contribution in [-0.2, 0) is 28.1 Å².